The van der Waals surface area contributed by atoms with Crippen LogP contribution in [-0.2, 0) is 4.79 Å². The molecule has 446 valence electrons. The number of rotatable bonds is 64. The van der Waals surface area contributed by atoms with Crippen molar-refractivity contribution in [3.8, 4) is 0 Å². The quantitative estimate of drug-likeness (QED) is 0.0308. The minimum Gasteiger partial charge on any atom is -0.394 e. The van der Waals surface area contributed by atoms with Gasteiger partial charge in [0.05, 0.1) is 18.8 Å². The van der Waals surface area contributed by atoms with Gasteiger partial charge in [0.2, 0.25) is 5.91 Å². The van der Waals surface area contributed by atoms with Crippen molar-refractivity contribution in [1.82, 2.24) is 5.32 Å². The molecular weight excluding hydrogens is 923 g/mol. The van der Waals surface area contributed by atoms with Crippen LogP contribution in [0.15, 0.2) is 24.3 Å². The van der Waals surface area contributed by atoms with Crippen LogP contribution in [0.4, 0.5) is 0 Å². The fourth-order valence-electron chi connectivity index (χ4n) is 11.1. The molecule has 0 heterocycles. The normalized spacial score (nSPS) is 13.6. The van der Waals surface area contributed by atoms with Crippen molar-refractivity contribution in [3.63, 3.8) is 0 Å². The van der Waals surface area contributed by atoms with Gasteiger partial charge < -0.3 is 25.7 Å². The molecule has 6 heteroatoms. The van der Waals surface area contributed by atoms with E-state index in [9.17, 15) is 25.2 Å². The third-order valence-corrected chi connectivity index (χ3v) is 16.4. The van der Waals surface area contributed by atoms with Gasteiger partial charge in [-0.3, -0.25) is 4.79 Å². The molecule has 0 aliphatic heterocycles. The summed E-state index contributed by atoms with van der Waals surface area (Å²) in [6.45, 7) is 4.10. The van der Waals surface area contributed by atoms with E-state index in [-0.39, 0.29) is 0 Å². The van der Waals surface area contributed by atoms with Crippen molar-refractivity contribution in [1.29, 1.82) is 0 Å². The molecule has 4 atom stereocenters. The second-order valence-electron chi connectivity index (χ2n) is 23.9. The summed E-state index contributed by atoms with van der Waals surface area (Å²) in [6.07, 6.45) is 80.2. The first kappa shape index (κ1) is 73.8. The van der Waals surface area contributed by atoms with Crippen LogP contribution in [0.3, 0.4) is 0 Å². The average Bonchev–Trinajstić information content (AvgIpc) is 3.42. The maximum absolute atomic E-state index is 12.6. The van der Waals surface area contributed by atoms with Crippen LogP contribution in [-0.4, -0.2) is 57.3 Å². The smallest absolute Gasteiger partial charge is 0.249 e. The zero-order chi connectivity index (χ0) is 54.4. The van der Waals surface area contributed by atoms with Gasteiger partial charge in [-0.25, -0.2) is 0 Å². The predicted octanol–water partition coefficient (Wildman–Crippen LogP) is 20.9. The van der Waals surface area contributed by atoms with Crippen molar-refractivity contribution in [2.45, 2.75) is 404 Å². The highest BCUT2D eigenvalue weighted by molar-refractivity contribution is 5.80. The minimum absolute atomic E-state index is 0.365. The molecule has 0 aromatic heterocycles. The number of aliphatic hydroxyl groups excluding tert-OH is 4. The molecule has 5 N–H and O–H groups in total. The Morgan fingerprint density at radius 2 is 0.560 bits per heavy atom. The van der Waals surface area contributed by atoms with Gasteiger partial charge in [-0.15, -0.1) is 0 Å². The Morgan fingerprint density at radius 1 is 0.320 bits per heavy atom. The van der Waals surface area contributed by atoms with E-state index in [0.717, 1.165) is 38.5 Å². The highest BCUT2D eigenvalue weighted by Crippen LogP contribution is 2.19. The Balaban J connectivity index is 3.58. The number of carbonyl (C=O) groups excluding carboxylic acids is 1. The molecule has 0 saturated carbocycles. The second-order valence-corrected chi connectivity index (χ2v) is 23.9. The lowest BCUT2D eigenvalue weighted by Gasteiger charge is -2.27. The fraction of sp³-hybridized carbons (Fsp3) is 0.928. The van der Waals surface area contributed by atoms with E-state index in [1.54, 1.807) is 0 Å². The lowest BCUT2D eigenvalue weighted by atomic mass is 10.00. The first-order valence-corrected chi connectivity index (χ1v) is 34.2. The number of aliphatic hydroxyl groups is 4. The summed E-state index contributed by atoms with van der Waals surface area (Å²) in [5, 5.41) is 44.2. The first-order valence-electron chi connectivity index (χ1n) is 34.2. The van der Waals surface area contributed by atoms with E-state index in [4.69, 9.17) is 0 Å². The van der Waals surface area contributed by atoms with Gasteiger partial charge in [-0.05, 0) is 51.4 Å². The summed E-state index contributed by atoms with van der Waals surface area (Å²) in [5.41, 5.74) is 0. The Morgan fingerprint density at radius 3 is 0.840 bits per heavy atom. The predicted molar refractivity (Wildman–Crippen MR) is 330 cm³/mol. The summed E-state index contributed by atoms with van der Waals surface area (Å²) >= 11 is 0. The molecule has 0 aliphatic rings. The van der Waals surface area contributed by atoms with E-state index < -0.39 is 36.9 Å². The molecule has 0 aromatic carbocycles. The number of carbonyl (C=O) groups is 1. The molecule has 0 radical (unpaired) electrons. The molecule has 0 aliphatic carbocycles. The summed E-state index contributed by atoms with van der Waals surface area (Å²) in [4.78, 5) is 12.6. The van der Waals surface area contributed by atoms with E-state index in [0.29, 0.717) is 19.3 Å². The molecular formula is C69H135NO5. The fourth-order valence-corrected chi connectivity index (χ4v) is 11.1. The summed E-state index contributed by atoms with van der Waals surface area (Å²) in [7, 11) is 0. The van der Waals surface area contributed by atoms with Crippen LogP contribution >= 0.6 is 0 Å². The van der Waals surface area contributed by atoms with Gasteiger partial charge in [0, 0.05) is 0 Å². The largest absolute Gasteiger partial charge is 0.394 e. The Bertz CT molecular complexity index is 1140. The highest BCUT2D eigenvalue weighted by atomic mass is 16.3. The molecule has 0 saturated heterocycles. The molecule has 0 spiro atoms. The third-order valence-electron chi connectivity index (χ3n) is 16.4. The van der Waals surface area contributed by atoms with Crippen molar-refractivity contribution >= 4 is 5.91 Å². The van der Waals surface area contributed by atoms with Gasteiger partial charge >= 0.3 is 0 Å². The molecule has 1 amide bonds. The third kappa shape index (κ3) is 57.3. The van der Waals surface area contributed by atoms with Crippen LogP contribution in [0.25, 0.3) is 0 Å². The minimum atomic E-state index is -1.29. The van der Waals surface area contributed by atoms with E-state index in [1.807, 2.05) is 0 Å². The molecule has 75 heavy (non-hydrogen) atoms. The van der Waals surface area contributed by atoms with E-state index in [1.165, 1.54) is 308 Å². The topological polar surface area (TPSA) is 110 Å². The number of allylic oxidation sites excluding steroid dienone is 4. The molecule has 0 bridgehead atoms. The van der Waals surface area contributed by atoms with Crippen molar-refractivity contribution < 1.29 is 25.2 Å². The maximum Gasteiger partial charge on any atom is 0.249 e. The van der Waals surface area contributed by atoms with Crippen molar-refractivity contribution in [2.24, 2.45) is 0 Å². The lowest BCUT2D eigenvalue weighted by Crippen LogP contribution is -2.53. The van der Waals surface area contributed by atoms with E-state index >= 15 is 0 Å². The van der Waals surface area contributed by atoms with Crippen LogP contribution in [0.5, 0.6) is 0 Å². The van der Waals surface area contributed by atoms with Crippen molar-refractivity contribution in [3.05, 3.63) is 24.3 Å². The van der Waals surface area contributed by atoms with Gasteiger partial charge in [-0.1, -0.05) is 353 Å². The zero-order valence-electron chi connectivity index (χ0n) is 50.8. The number of unbranched alkanes of at least 4 members (excludes halogenated alkanes) is 51. The van der Waals surface area contributed by atoms with Gasteiger partial charge in [0.15, 0.2) is 0 Å². The Labute approximate surface area is 469 Å². The van der Waals surface area contributed by atoms with Gasteiger partial charge in [-0.2, -0.15) is 0 Å². The lowest BCUT2D eigenvalue weighted by molar-refractivity contribution is -0.132. The van der Waals surface area contributed by atoms with Crippen LogP contribution in [0.2, 0.25) is 0 Å². The molecule has 0 aromatic rings. The molecule has 0 fully saturated rings. The standard InChI is InChI=1S/C69H135NO5/c1-3-5-7-9-11-13-15-17-19-21-23-25-27-29-31-32-33-34-35-37-38-40-42-44-46-48-50-52-54-56-58-60-62-66(72)68(74)65(64-71)70-69(75)67(73)63-61-59-57-55-53-51-49-47-45-43-41-39-36-30-28-26-24-22-20-18-16-14-12-10-8-6-4-2/h46,48,54,56,65-68,71-74H,3-45,47,49-53,55,57-64H2,1-2H3,(H,70,75)/b48-46+,56-54+. The maximum atomic E-state index is 12.6. The molecule has 4 unspecified atom stereocenters. The zero-order valence-corrected chi connectivity index (χ0v) is 50.8. The van der Waals surface area contributed by atoms with E-state index in [2.05, 4.69) is 43.5 Å². The second kappa shape index (κ2) is 63.6. The van der Waals surface area contributed by atoms with Gasteiger partial charge in [0.25, 0.3) is 0 Å². The summed E-state index contributed by atoms with van der Waals surface area (Å²) in [6, 6.07) is -1.01. The van der Waals surface area contributed by atoms with Crippen molar-refractivity contribution in [2.75, 3.05) is 6.61 Å². The number of amides is 1. The number of nitrogens with one attached hydrogen (secondary N) is 1. The molecule has 6 nitrogen and oxygen atoms in total. The summed E-state index contributed by atoms with van der Waals surface area (Å²) < 4.78 is 0. The summed E-state index contributed by atoms with van der Waals surface area (Å²) in [5.74, 6) is -0.590. The number of hydrogen-bond donors (Lipinski definition) is 5. The SMILES string of the molecule is CCCCCCCCCCCCCCCCCCCCCCCCC/C=C/CC/C=C/CCCC(O)C(O)C(CO)NC(=O)C(O)CCCCCCCCCCCCCCCCCCCCCCCCCCCCC. The van der Waals surface area contributed by atoms with Crippen LogP contribution in [0.1, 0.15) is 380 Å². The highest BCUT2D eigenvalue weighted by Gasteiger charge is 2.28. The molecule has 0 rings (SSSR count). The van der Waals surface area contributed by atoms with Crippen LogP contribution < -0.4 is 5.32 Å². The first-order chi connectivity index (χ1) is 37.0. The van der Waals surface area contributed by atoms with Gasteiger partial charge in [0.1, 0.15) is 12.2 Å². The average molecular weight is 1060 g/mol. The Hall–Kier alpha value is -1.21. The van der Waals surface area contributed by atoms with Crippen LogP contribution in [0, 0.1) is 0 Å². The number of hydrogen-bond acceptors (Lipinski definition) is 5. The Kier molecular flexibility index (Phi) is 62.6. The monoisotopic (exact) mass is 1060 g/mol.